The van der Waals surface area contributed by atoms with Crippen LogP contribution >= 0.6 is 0 Å². The molecule has 17 heavy (non-hydrogen) atoms. The second-order valence-corrected chi connectivity index (χ2v) is 4.76. The summed E-state index contributed by atoms with van der Waals surface area (Å²) < 4.78 is 5.59. The van der Waals surface area contributed by atoms with Crippen molar-refractivity contribution in [3.05, 3.63) is 24.2 Å². The molecule has 0 radical (unpaired) electrons. The Hall–Kier alpha value is -0.760. The molecule has 2 atom stereocenters. The lowest BCUT2D eigenvalue weighted by Crippen LogP contribution is -2.28. The maximum absolute atomic E-state index is 5.59. The number of furan rings is 1. The van der Waals surface area contributed by atoms with Crippen LogP contribution in [0.5, 0.6) is 0 Å². The molecule has 0 aliphatic carbocycles. The van der Waals surface area contributed by atoms with Crippen LogP contribution in [-0.2, 0) is 0 Å². The Kier molecular flexibility index (Phi) is 7.02. The first-order valence-corrected chi connectivity index (χ1v) is 7.10. The molecule has 0 aliphatic rings. The van der Waals surface area contributed by atoms with Gasteiger partial charge in [-0.25, -0.2) is 0 Å². The SMILES string of the molecule is CCCCC(CC)C(NCCC)c1ccco1. The lowest BCUT2D eigenvalue weighted by molar-refractivity contribution is 0.283. The third kappa shape index (κ3) is 4.55. The summed E-state index contributed by atoms with van der Waals surface area (Å²) in [6, 6.07) is 4.48. The van der Waals surface area contributed by atoms with Gasteiger partial charge in [-0.2, -0.15) is 0 Å². The van der Waals surface area contributed by atoms with E-state index in [0.29, 0.717) is 12.0 Å². The smallest absolute Gasteiger partial charge is 0.120 e. The van der Waals surface area contributed by atoms with Gasteiger partial charge in [-0.05, 0) is 37.4 Å². The molecule has 0 amide bonds. The number of hydrogen-bond donors (Lipinski definition) is 1. The summed E-state index contributed by atoms with van der Waals surface area (Å²) >= 11 is 0. The Bertz CT molecular complexity index is 268. The fraction of sp³-hybridized carbons (Fsp3) is 0.733. The van der Waals surface area contributed by atoms with Crippen molar-refractivity contribution in [3.63, 3.8) is 0 Å². The predicted octanol–water partition coefficient (Wildman–Crippen LogP) is 4.54. The molecule has 1 heterocycles. The van der Waals surface area contributed by atoms with Crippen LogP contribution in [0.2, 0.25) is 0 Å². The van der Waals surface area contributed by atoms with E-state index in [0.717, 1.165) is 12.3 Å². The highest BCUT2D eigenvalue weighted by Gasteiger charge is 2.22. The van der Waals surface area contributed by atoms with Gasteiger partial charge in [0.15, 0.2) is 0 Å². The van der Waals surface area contributed by atoms with Crippen LogP contribution in [0.1, 0.15) is 64.7 Å². The van der Waals surface area contributed by atoms with E-state index in [1.54, 1.807) is 6.26 Å². The zero-order valence-electron chi connectivity index (χ0n) is 11.5. The van der Waals surface area contributed by atoms with Crippen LogP contribution in [0, 0.1) is 5.92 Å². The first-order valence-electron chi connectivity index (χ1n) is 7.10. The van der Waals surface area contributed by atoms with Gasteiger partial charge in [-0.15, -0.1) is 0 Å². The minimum absolute atomic E-state index is 0.390. The van der Waals surface area contributed by atoms with E-state index < -0.39 is 0 Å². The van der Waals surface area contributed by atoms with Gasteiger partial charge in [-0.3, -0.25) is 0 Å². The Morgan fingerprint density at radius 2 is 2.06 bits per heavy atom. The maximum atomic E-state index is 5.59. The lowest BCUT2D eigenvalue weighted by atomic mass is 9.89. The summed E-state index contributed by atoms with van der Waals surface area (Å²) in [6.45, 7) is 7.81. The summed E-state index contributed by atoms with van der Waals surface area (Å²) in [5, 5.41) is 3.64. The van der Waals surface area contributed by atoms with Crippen molar-refractivity contribution in [3.8, 4) is 0 Å². The molecule has 2 heteroatoms. The van der Waals surface area contributed by atoms with Gasteiger partial charge >= 0.3 is 0 Å². The molecule has 0 bridgehead atoms. The van der Waals surface area contributed by atoms with Crippen molar-refractivity contribution in [2.45, 2.75) is 58.9 Å². The van der Waals surface area contributed by atoms with E-state index in [-0.39, 0.29) is 0 Å². The normalized spacial score (nSPS) is 14.8. The topological polar surface area (TPSA) is 25.2 Å². The molecule has 1 aromatic rings. The molecule has 1 rings (SSSR count). The zero-order valence-corrected chi connectivity index (χ0v) is 11.5. The minimum Gasteiger partial charge on any atom is -0.468 e. The number of nitrogens with one attached hydrogen (secondary N) is 1. The standard InChI is InChI=1S/C15H27NO/c1-4-7-9-13(6-3)15(16-11-5-2)14-10-8-12-17-14/h8,10,12-13,15-16H,4-7,9,11H2,1-3H3. The van der Waals surface area contributed by atoms with E-state index in [4.69, 9.17) is 4.42 Å². The van der Waals surface area contributed by atoms with Crippen molar-refractivity contribution < 1.29 is 4.42 Å². The molecule has 1 aromatic heterocycles. The number of hydrogen-bond acceptors (Lipinski definition) is 2. The highest BCUT2D eigenvalue weighted by Crippen LogP contribution is 2.29. The summed E-state index contributed by atoms with van der Waals surface area (Å²) in [6.07, 6.45) is 8.03. The van der Waals surface area contributed by atoms with Gasteiger partial charge in [0.2, 0.25) is 0 Å². The molecule has 1 N–H and O–H groups in total. The van der Waals surface area contributed by atoms with Gasteiger partial charge in [0, 0.05) is 0 Å². The largest absolute Gasteiger partial charge is 0.468 e. The summed E-state index contributed by atoms with van der Waals surface area (Å²) in [5.74, 6) is 1.79. The van der Waals surface area contributed by atoms with E-state index in [1.807, 2.05) is 6.07 Å². The minimum atomic E-state index is 0.390. The molecule has 2 nitrogen and oxygen atoms in total. The zero-order chi connectivity index (χ0) is 12.5. The molecule has 0 aliphatic heterocycles. The first-order chi connectivity index (χ1) is 8.33. The van der Waals surface area contributed by atoms with Gasteiger partial charge in [-0.1, -0.05) is 40.0 Å². The van der Waals surface area contributed by atoms with E-state index >= 15 is 0 Å². The number of rotatable bonds is 9. The van der Waals surface area contributed by atoms with E-state index in [2.05, 4.69) is 32.2 Å². The fourth-order valence-electron chi connectivity index (χ4n) is 2.34. The van der Waals surface area contributed by atoms with Crippen LogP contribution in [0.3, 0.4) is 0 Å². The van der Waals surface area contributed by atoms with Gasteiger partial charge in [0.1, 0.15) is 5.76 Å². The second kappa shape index (κ2) is 8.35. The Labute approximate surface area is 106 Å². The molecule has 2 unspecified atom stereocenters. The van der Waals surface area contributed by atoms with Crippen molar-refractivity contribution in [2.75, 3.05) is 6.54 Å². The lowest BCUT2D eigenvalue weighted by Gasteiger charge is -2.25. The highest BCUT2D eigenvalue weighted by atomic mass is 16.3. The molecular formula is C15H27NO. The predicted molar refractivity (Wildman–Crippen MR) is 73.0 cm³/mol. The fourth-order valence-corrected chi connectivity index (χ4v) is 2.34. The molecule has 0 aromatic carbocycles. The third-order valence-corrected chi connectivity index (χ3v) is 3.39. The van der Waals surface area contributed by atoms with Crippen molar-refractivity contribution in [2.24, 2.45) is 5.92 Å². The molecule has 0 saturated carbocycles. The average Bonchev–Trinajstić information content (AvgIpc) is 2.87. The van der Waals surface area contributed by atoms with Gasteiger partial charge in [0.05, 0.1) is 12.3 Å². The first kappa shape index (κ1) is 14.3. The quantitative estimate of drug-likeness (QED) is 0.682. The van der Waals surface area contributed by atoms with Crippen LogP contribution in [0.4, 0.5) is 0 Å². The maximum Gasteiger partial charge on any atom is 0.120 e. The third-order valence-electron chi connectivity index (χ3n) is 3.39. The molecule has 0 spiro atoms. The van der Waals surface area contributed by atoms with E-state index in [1.165, 1.54) is 32.1 Å². The second-order valence-electron chi connectivity index (χ2n) is 4.76. The molecular weight excluding hydrogens is 210 g/mol. The van der Waals surface area contributed by atoms with Crippen molar-refractivity contribution >= 4 is 0 Å². The summed E-state index contributed by atoms with van der Waals surface area (Å²) in [5.41, 5.74) is 0. The van der Waals surface area contributed by atoms with Crippen LogP contribution in [-0.4, -0.2) is 6.54 Å². The highest BCUT2D eigenvalue weighted by molar-refractivity contribution is 5.06. The number of unbranched alkanes of at least 4 members (excludes halogenated alkanes) is 1. The van der Waals surface area contributed by atoms with Crippen LogP contribution in [0.25, 0.3) is 0 Å². The average molecular weight is 237 g/mol. The Morgan fingerprint density at radius 3 is 2.59 bits per heavy atom. The van der Waals surface area contributed by atoms with E-state index in [9.17, 15) is 0 Å². The monoisotopic (exact) mass is 237 g/mol. The molecule has 98 valence electrons. The van der Waals surface area contributed by atoms with Crippen LogP contribution < -0.4 is 5.32 Å². The molecule has 0 fully saturated rings. The Morgan fingerprint density at radius 1 is 1.24 bits per heavy atom. The van der Waals surface area contributed by atoms with Crippen molar-refractivity contribution in [1.29, 1.82) is 0 Å². The van der Waals surface area contributed by atoms with Crippen molar-refractivity contribution in [1.82, 2.24) is 5.32 Å². The summed E-state index contributed by atoms with van der Waals surface area (Å²) in [7, 11) is 0. The van der Waals surface area contributed by atoms with Gasteiger partial charge in [0.25, 0.3) is 0 Å². The Balaban J connectivity index is 2.65. The van der Waals surface area contributed by atoms with Gasteiger partial charge < -0.3 is 9.73 Å². The molecule has 0 saturated heterocycles. The van der Waals surface area contributed by atoms with Crippen LogP contribution in [0.15, 0.2) is 22.8 Å². The summed E-state index contributed by atoms with van der Waals surface area (Å²) in [4.78, 5) is 0.